The summed E-state index contributed by atoms with van der Waals surface area (Å²) in [5.41, 5.74) is 0.247. The van der Waals surface area contributed by atoms with Gasteiger partial charge in [-0.25, -0.2) is 8.78 Å². The Labute approximate surface area is 106 Å². The topological polar surface area (TPSA) is 21.3 Å². The predicted molar refractivity (Wildman–Crippen MR) is 67.7 cm³/mol. The number of benzene rings is 1. The van der Waals surface area contributed by atoms with Crippen LogP contribution in [-0.2, 0) is 4.74 Å². The Morgan fingerprint density at radius 1 is 1.39 bits per heavy atom. The molecule has 0 radical (unpaired) electrons. The van der Waals surface area contributed by atoms with E-state index in [9.17, 15) is 8.78 Å². The Kier molecular flexibility index (Phi) is 4.53. The molecule has 1 aliphatic heterocycles. The van der Waals surface area contributed by atoms with Gasteiger partial charge in [-0.05, 0) is 37.5 Å². The number of anilines is 1. The van der Waals surface area contributed by atoms with Crippen LogP contribution >= 0.6 is 0 Å². The Balaban J connectivity index is 1.98. The first-order valence-corrected chi connectivity index (χ1v) is 6.52. The van der Waals surface area contributed by atoms with Gasteiger partial charge in [-0.2, -0.15) is 0 Å². The zero-order valence-electron chi connectivity index (χ0n) is 10.6. The van der Waals surface area contributed by atoms with Gasteiger partial charge in [0.25, 0.3) is 0 Å². The van der Waals surface area contributed by atoms with Gasteiger partial charge in [-0.1, -0.05) is 13.3 Å². The minimum atomic E-state index is -0.420. The molecule has 1 N–H and O–H groups in total. The van der Waals surface area contributed by atoms with Crippen LogP contribution in [-0.4, -0.2) is 18.8 Å². The average Bonchev–Trinajstić information content (AvgIpc) is 2.35. The van der Waals surface area contributed by atoms with Crippen LogP contribution in [0.4, 0.5) is 14.5 Å². The second-order valence-corrected chi connectivity index (χ2v) is 4.77. The molecule has 1 aromatic carbocycles. The predicted octanol–water partition coefficient (Wildman–Crippen LogP) is 3.72. The van der Waals surface area contributed by atoms with Gasteiger partial charge >= 0.3 is 0 Å². The standard InChI is InChI=1S/C14H19F2NO/c1-2-3-12-9-11(6-7-18-12)17-14-8-10(15)4-5-13(14)16/h4-5,8,11-12,17H,2-3,6-7,9H2,1H3. The summed E-state index contributed by atoms with van der Waals surface area (Å²) in [4.78, 5) is 0. The van der Waals surface area contributed by atoms with Crippen LogP contribution in [0.25, 0.3) is 0 Å². The maximum absolute atomic E-state index is 13.5. The number of hydrogen-bond acceptors (Lipinski definition) is 2. The number of ether oxygens (including phenoxy) is 1. The minimum absolute atomic E-state index is 0.159. The van der Waals surface area contributed by atoms with Crippen molar-refractivity contribution in [1.82, 2.24) is 0 Å². The van der Waals surface area contributed by atoms with Crippen LogP contribution in [0.3, 0.4) is 0 Å². The SMILES string of the molecule is CCCC1CC(Nc2cc(F)ccc2F)CCO1. The second kappa shape index (κ2) is 6.14. The van der Waals surface area contributed by atoms with Crippen molar-refractivity contribution in [3.8, 4) is 0 Å². The van der Waals surface area contributed by atoms with Gasteiger partial charge in [0.2, 0.25) is 0 Å². The monoisotopic (exact) mass is 255 g/mol. The molecule has 1 saturated heterocycles. The van der Waals surface area contributed by atoms with Crippen molar-refractivity contribution in [2.75, 3.05) is 11.9 Å². The minimum Gasteiger partial charge on any atom is -0.380 e. The van der Waals surface area contributed by atoms with Crippen molar-refractivity contribution in [1.29, 1.82) is 0 Å². The average molecular weight is 255 g/mol. The van der Waals surface area contributed by atoms with E-state index in [-0.39, 0.29) is 17.8 Å². The van der Waals surface area contributed by atoms with E-state index in [0.717, 1.165) is 37.8 Å². The summed E-state index contributed by atoms with van der Waals surface area (Å²) in [6, 6.07) is 3.65. The number of nitrogens with one attached hydrogen (secondary N) is 1. The highest BCUT2D eigenvalue weighted by Crippen LogP contribution is 2.23. The number of rotatable bonds is 4. The molecule has 0 amide bonds. The molecule has 2 nitrogen and oxygen atoms in total. The molecule has 0 aliphatic carbocycles. The lowest BCUT2D eigenvalue weighted by Crippen LogP contribution is -2.34. The first kappa shape index (κ1) is 13.3. The molecule has 0 aromatic heterocycles. The van der Waals surface area contributed by atoms with E-state index in [1.807, 2.05) is 0 Å². The molecule has 100 valence electrons. The van der Waals surface area contributed by atoms with E-state index in [1.165, 1.54) is 6.07 Å². The smallest absolute Gasteiger partial charge is 0.146 e. The van der Waals surface area contributed by atoms with E-state index in [4.69, 9.17) is 4.74 Å². The van der Waals surface area contributed by atoms with Gasteiger partial charge < -0.3 is 10.1 Å². The van der Waals surface area contributed by atoms with E-state index in [0.29, 0.717) is 6.61 Å². The van der Waals surface area contributed by atoms with Crippen LogP contribution in [0, 0.1) is 11.6 Å². The van der Waals surface area contributed by atoms with Crippen LogP contribution < -0.4 is 5.32 Å². The molecular weight excluding hydrogens is 236 g/mol. The highest BCUT2D eigenvalue weighted by Gasteiger charge is 2.22. The Bertz CT molecular complexity index is 395. The van der Waals surface area contributed by atoms with Gasteiger partial charge in [0.1, 0.15) is 11.6 Å². The van der Waals surface area contributed by atoms with Crippen molar-refractivity contribution in [3.05, 3.63) is 29.8 Å². The van der Waals surface area contributed by atoms with Gasteiger partial charge in [0, 0.05) is 12.6 Å². The van der Waals surface area contributed by atoms with Crippen LogP contribution in [0.1, 0.15) is 32.6 Å². The zero-order valence-corrected chi connectivity index (χ0v) is 10.6. The molecule has 1 aromatic rings. The highest BCUT2D eigenvalue weighted by atomic mass is 19.1. The summed E-state index contributed by atoms with van der Waals surface area (Å²) in [6.07, 6.45) is 4.01. The summed E-state index contributed by atoms with van der Waals surface area (Å²) in [7, 11) is 0. The van der Waals surface area contributed by atoms with Gasteiger partial charge in [0.05, 0.1) is 11.8 Å². The zero-order chi connectivity index (χ0) is 13.0. The van der Waals surface area contributed by atoms with Gasteiger partial charge in [-0.15, -0.1) is 0 Å². The summed E-state index contributed by atoms with van der Waals surface area (Å²) in [5, 5.41) is 3.08. The first-order valence-electron chi connectivity index (χ1n) is 6.52. The Hall–Kier alpha value is -1.16. The molecule has 18 heavy (non-hydrogen) atoms. The van der Waals surface area contributed by atoms with Crippen molar-refractivity contribution < 1.29 is 13.5 Å². The third-order valence-corrected chi connectivity index (χ3v) is 3.27. The molecule has 1 heterocycles. The molecule has 4 heteroatoms. The third kappa shape index (κ3) is 3.42. The van der Waals surface area contributed by atoms with E-state index >= 15 is 0 Å². The maximum atomic E-state index is 13.5. The quantitative estimate of drug-likeness (QED) is 0.885. The molecule has 0 bridgehead atoms. The normalized spacial score (nSPS) is 23.9. The molecule has 0 spiro atoms. The fraction of sp³-hybridized carbons (Fsp3) is 0.571. The lowest BCUT2D eigenvalue weighted by Gasteiger charge is -2.30. The molecule has 2 rings (SSSR count). The summed E-state index contributed by atoms with van der Waals surface area (Å²) < 4.78 is 32.2. The molecule has 0 saturated carbocycles. The second-order valence-electron chi connectivity index (χ2n) is 4.77. The van der Waals surface area contributed by atoms with Crippen molar-refractivity contribution in [2.24, 2.45) is 0 Å². The lowest BCUT2D eigenvalue weighted by molar-refractivity contribution is 0.00593. The van der Waals surface area contributed by atoms with E-state index in [1.54, 1.807) is 0 Å². The third-order valence-electron chi connectivity index (χ3n) is 3.27. The van der Waals surface area contributed by atoms with Crippen molar-refractivity contribution in [2.45, 2.75) is 44.8 Å². The fourth-order valence-corrected chi connectivity index (χ4v) is 2.36. The number of hydrogen-bond donors (Lipinski definition) is 1. The molecule has 1 aliphatic rings. The summed E-state index contributed by atoms with van der Waals surface area (Å²) in [6.45, 7) is 2.80. The Morgan fingerprint density at radius 3 is 3.00 bits per heavy atom. The summed E-state index contributed by atoms with van der Waals surface area (Å²) >= 11 is 0. The van der Waals surface area contributed by atoms with Crippen LogP contribution in [0.2, 0.25) is 0 Å². The fourth-order valence-electron chi connectivity index (χ4n) is 2.36. The van der Waals surface area contributed by atoms with Crippen molar-refractivity contribution in [3.63, 3.8) is 0 Å². The van der Waals surface area contributed by atoms with E-state index < -0.39 is 11.6 Å². The van der Waals surface area contributed by atoms with Gasteiger partial charge in [-0.3, -0.25) is 0 Å². The first-order chi connectivity index (χ1) is 8.69. The molecule has 2 unspecified atom stereocenters. The van der Waals surface area contributed by atoms with Crippen LogP contribution in [0.15, 0.2) is 18.2 Å². The highest BCUT2D eigenvalue weighted by molar-refractivity contribution is 5.45. The summed E-state index contributed by atoms with van der Waals surface area (Å²) in [5.74, 6) is -0.828. The van der Waals surface area contributed by atoms with Crippen molar-refractivity contribution >= 4 is 5.69 Å². The number of halogens is 2. The van der Waals surface area contributed by atoms with Crippen LogP contribution in [0.5, 0.6) is 0 Å². The maximum Gasteiger partial charge on any atom is 0.146 e. The largest absolute Gasteiger partial charge is 0.380 e. The Morgan fingerprint density at radius 2 is 2.22 bits per heavy atom. The molecular formula is C14H19F2NO. The molecule has 1 fully saturated rings. The molecule has 2 atom stereocenters. The van der Waals surface area contributed by atoms with E-state index in [2.05, 4.69) is 12.2 Å². The van der Waals surface area contributed by atoms with Gasteiger partial charge in [0.15, 0.2) is 0 Å². The lowest BCUT2D eigenvalue weighted by atomic mass is 10.00.